The fourth-order valence-electron chi connectivity index (χ4n) is 0.424. The summed E-state index contributed by atoms with van der Waals surface area (Å²) in [6.07, 6.45) is 1.46. The fraction of sp³-hybridized carbons (Fsp3) is 0.571. The van der Waals surface area contributed by atoms with E-state index in [1.165, 1.54) is 6.08 Å². The van der Waals surface area contributed by atoms with Gasteiger partial charge in [-0.15, -0.1) is 0 Å². The number of thiol groups is 1. The predicted octanol–water partition coefficient (Wildman–Crippen LogP) is 1.43. The Morgan fingerprint density at radius 1 is 1.60 bits per heavy atom. The van der Waals surface area contributed by atoms with Crippen molar-refractivity contribution in [2.75, 3.05) is 12.4 Å². The van der Waals surface area contributed by atoms with Crippen LogP contribution in [0.15, 0.2) is 11.6 Å². The van der Waals surface area contributed by atoms with E-state index in [-0.39, 0.29) is 5.97 Å². The average molecular weight is 160 g/mol. The summed E-state index contributed by atoms with van der Waals surface area (Å²) in [6.45, 7) is 4.08. The molecule has 0 amide bonds. The highest BCUT2D eigenvalue weighted by atomic mass is 32.1. The van der Waals surface area contributed by atoms with Crippen LogP contribution in [0.1, 0.15) is 13.8 Å². The molecule has 0 aromatic rings. The number of carbonyl (C=O) groups is 1. The lowest BCUT2D eigenvalue weighted by atomic mass is 10.3. The smallest absolute Gasteiger partial charge is 0.330 e. The molecule has 0 aliphatic rings. The molecule has 0 saturated carbocycles. The molecule has 0 heterocycles. The van der Waals surface area contributed by atoms with Gasteiger partial charge in [-0.05, 0) is 13.8 Å². The van der Waals surface area contributed by atoms with Crippen LogP contribution >= 0.6 is 12.6 Å². The summed E-state index contributed by atoms with van der Waals surface area (Å²) >= 11 is 3.89. The van der Waals surface area contributed by atoms with E-state index in [1.807, 2.05) is 13.8 Å². The molecule has 2 nitrogen and oxygen atoms in total. The van der Waals surface area contributed by atoms with Crippen LogP contribution in [0.25, 0.3) is 0 Å². The van der Waals surface area contributed by atoms with Gasteiger partial charge in [0.1, 0.15) is 6.61 Å². The van der Waals surface area contributed by atoms with Crippen LogP contribution in [-0.2, 0) is 9.53 Å². The Morgan fingerprint density at radius 3 is 2.60 bits per heavy atom. The highest BCUT2D eigenvalue weighted by molar-refractivity contribution is 7.80. The van der Waals surface area contributed by atoms with Crippen molar-refractivity contribution >= 4 is 18.6 Å². The molecule has 0 radical (unpaired) electrons. The maximum atomic E-state index is 10.7. The number of hydrogen-bond donors (Lipinski definition) is 1. The van der Waals surface area contributed by atoms with Crippen molar-refractivity contribution in [2.45, 2.75) is 13.8 Å². The summed E-state index contributed by atoms with van der Waals surface area (Å²) in [7, 11) is 0. The molecule has 3 heteroatoms. The summed E-state index contributed by atoms with van der Waals surface area (Å²) in [6, 6.07) is 0. The number of hydrogen-bond acceptors (Lipinski definition) is 3. The van der Waals surface area contributed by atoms with Gasteiger partial charge in [-0.25, -0.2) is 4.79 Å². The van der Waals surface area contributed by atoms with Crippen LogP contribution < -0.4 is 0 Å². The van der Waals surface area contributed by atoms with Crippen molar-refractivity contribution < 1.29 is 9.53 Å². The first-order chi connectivity index (χ1) is 4.66. The normalized spacial score (nSPS) is 8.70. The van der Waals surface area contributed by atoms with Crippen molar-refractivity contribution in [3.63, 3.8) is 0 Å². The van der Waals surface area contributed by atoms with E-state index in [9.17, 15) is 4.79 Å². The third-order valence-electron chi connectivity index (χ3n) is 0.742. The van der Waals surface area contributed by atoms with E-state index in [4.69, 9.17) is 4.74 Å². The molecule has 0 aromatic heterocycles. The summed E-state index contributed by atoms with van der Waals surface area (Å²) in [4.78, 5) is 10.7. The molecule has 0 unspecified atom stereocenters. The van der Waals surface area contributed by atoms with Gasteiger partial charge in [0, 0.05) is 11.8 Å². The third kappa shape index (κ3) is 5.69. The van der Waals surface area contributed by atoms with Gasteiger partial charge >= 0.3 is 5.97 Å². The molecule has 0 bridgehead atoms. The van der Waals surface area contributed by atoms with Gasteiger partial charge in [-0.1, -0.05) is 5.57 Å². The first kappa shape index (κ1) is 9.56. The van der Waals surface area contributed by atoms with Crippen molar-refractivity contribution in [2.24, 2.45) is 0 Å². The molecular formula is C7H12O2S. The van der Waals surface area contributed by atoms with E-state index < -0.39 is 0 Å². The van der Waals surface area contributed by atoms with Crippen LogP contribution in [0.3, 0.4) is 0 Å². The predicted molar refractivity (Wildman–Crippen MR) is 44.2 cm³/mol. The summed E-state index contributed by atoms with van der Waals surface area (Å²) in [5.74, 6) is 0.288. The average Bonchev–Trinajstić information content (AvgIpc) is 1.82. The Morgan fingerprint density at radius 2 is 2.20 bits per heavy atom. The number of allylic oxidation sites excluding steroid dienone is 1. The first-order valence-corrected chi connectivity index (χ1v) is 3.72. The monoisotopic (exact) mass is 160 g/mol. The summed E-state index contributed by atoms with van der Waals surface area (Å²) in [5.41, 5.74) is 0.948. The zero-order valence-corrected chi connectivity index (χ0v) is 7.15. The van der Waals surface area contributed by atoms with Gasteiger partial charge < -0.3 is 4.74 Å². The Balaban J connectivity index is 3.54. The Bertz CT molecular complexity index is 137. The molecule has 0 N–H and O–H groups in total. The van der Waals surface area contributed by atoms with E-state index in [0.717, 1.165) is 5.57 Å². The summed E-state index contributed by atoms with van der Waals surface area (Å²) < 4.78 is 4.71. The van der Waals surface area contributed by atoms with Crippen molar-refractivity contribution in [1.29, 1.82) is 0 Å². The molecule has 0 aliphatic carbocycles. The lowest BCUT2D eigenvalue weighted by Crippen LogP contribution is -2.03. The molecule has 0 spiro atoms. The Hall–Kier alpha value is -0.440. The Kier molecular flexibility index (Phi) is 5.12. The minimum atomic E-state index is -0.283. The Labute approximate surface area is 66.7 Å². The van der Waals surface area contributed by atoms with E-state index in [1.54, 1.807) is 0 Å². The minimum absolute atomic E-state index is 0.283. The minimum Gasteiger partial charge on any atom is -0.462 e. The van der Waals surface area contributed by atoms with Crippen LogP contribution in [-0.4, -0.2) is 18.3 Å². The van der Waals surface area contributed by atoms with Gasteiger partial charge in [-0.3, -0.25) is 0 Å². The standard InChI is InChI=1S/C7H12O2S/c1-6(2)5-7(8)9-3-4-10/h5,10H,3-4H2,1-2H3. The summed E-state index contributed by atoms with van der Waals surface area (Å²) in [5, 5.41) is 0. The quantitative estimate of drug-likeness (QED) is 0.384. The maximum Gasteiger partial charge on any atom is 0.330 e. The molecule has 10 heavy (non-hydrogen) atoms. The molecule has 0 aromatic carbocycles. The second-order valence-electron chi connectivity index (χ2n) is 2.11. The number of rotatable bonds is 3. The van der Waals surface area contributed by atoms with Gasteiger partial charge in [0.2, 0.25) is 0 Å². The molecule has 0 atom stereocenters. The molecule has 58 valence electrons. The SMILES string of the molecule is CC(C)=CC(=O)OCCS. The zero-order chi connectivity index (χ0) is 7.98. The maximum absolute atomic E-state index is 10.7. The highest BCUT2D eigenvalue weighted by Crippen LogP contribution is 1.90. The van der Waals surface area contributed by atoms with Gasteiger partial charge in [-0.2, -0.15) is 12.6 Å². The van der Waals surface area contributed by atoms with Gasteiger partial charge in [0.05, 0.1) is 0 Å². The van der Waals surface area contributed by atoms with Gasteiger partial charge in [0.15, 0.2) is 0 Å². The van der Waals surface area contributed by atoms with Crippen LogP contribution in [0.2, 0.25) is 0 Å². The van der Waals surface area contributed by atoms with Crippen molar-refractivity contribution in [3.8, 4) is 0 Å². The van der Waals surface area contributed by atoms with Crippen LogP contribution in [0.5, 0.6) is 0 Å². The molecular weight excluding hydrogens is 148 g/mol. The lowest BCUT2D eigenvalue weighted by Gasteiger charge is -1.96. The zero-order valence-electron chi connectivity index (χ0n) is 6.26. The van der Waals surface area contributed by atoms with E-state index >= 15 is 0 Å². The highest BCUT2D eigenvalue weighted by Gasteiger charge is 1.94. The van der Waals surface area contributed by atoms with Crippen molar-refractivity contribution in [1.82, 2.24) is 0 Å². The lowest BCUT2D eigenvalue weighted by molar-refractivity contribution is -0.137. The second-order valence-corrected chi connectivity index (χ2v) is 2.56. The van der Waals surface area contributed by atoms with E-state index in [2.05, 4.69) is 12.6 Å². The van der Waals surface area contributed by atoms with Crippen LogP contribution in [0.4, 0.5) is 0 Å². The molecule has 0 fully saturated rings. The number of esters is 1. The first-order valence-electron chi connectivity index (χ1n) is 3.09. The molecule has 0 rings (SSSR count). The number of ether oxygens (including phenoxy) is 1. The third-order valence-corrected chi connectivity index (χ3v) is 0.925. The van der Waals surface area contributed by atoms with Crippen LogP contribution in [0, 0.1) is 0 Å². The molecule has 0 saturated heterocycles. The van der Waals surface area contributed by atoms with Gasteiger partial charge in [0.25, 0.3) is 0 Å². The largest absolute Gasteiger partial charge is 0.462 e. The second kappa shape index (κ2) is 5.35. The van der Waals surface area contributed by atoms with Crippen molar-refractivity contribution in [3.05, 3.63) is 11.6 Å². The van der Waals surface area contributed by atoms with E-state index in [0.29, 0.717) is 12.4 Å². The number of carbonyl (C=O) groups excluding carboxylic acids is 1. The fourth-order valence-corrected chi connectivity index (χ4v) is 0.515. The molecule has 0 aliphatic heterocycles. The topological polar surface area (TPSA) is 26.3 Å².